The van der Waals surface area contributed by atoms with E-state index in [1.807, 2.05) is 24.3 Å². The van der Waals surface area contributed by atoms with Crippen molar-refractivity contribution < 1.29 is 13.9 Å². The topological polar surface area (TPSA) is 60.9 Å². The first-order valence-electron chi connectivity index (χ1n) is 10.3. The molecule has 2 aromatic carbocycles. The van der Waals surface area contributed by atoms with Gasteiger partial charge in [-0.15, -0.1) is 0 Å². The third-order valence-electron chi connectivity index (χ3n) is 6.27. The van der Waals surface area contributed by atoms with Gasteiger partial charge < -0.3 is 24.5 Å². The number of nitrogens with zero attached hydrogens (tertiary/aromatic N) is 1. The minimum Gasteiger partial charge on any atom is -0.494 e. The van der Waals surface area contributed by atoms with E-state index >= 15 is 0 Å². The van der Waals surface area contributed by atoms with Crippen molar-refractivity contribution >= 4 is 17.1 Å². The highest BCUT2D eigenvalue weighted by molar-refractivity contribution is 5.97. The number of ether oxygens (including phenoxy) is 2. The summed E-state index contributed by atoms with van der Waals surface area (Å²) in [6.07, 6.45) is 3.30. The van der Waals surface area contributed by atoms with Crippen LogP contribution in [0.4, 0.5) is 5.69 Å². The first-order chi connectivity index (χ1) is 14.6. The van der Waals surface area contributed by atoms with Crippen LogP contribution >= 0.6 is 0 Å². The van der Waals surface area contributed by atoms with Gasteiger partial charge in [-0.05, 0) is 37.0 Å². The zero-order valence-corrected chi connectivity index (χ0v) is 17.4. The molecule has 0 unspecified atom stereocenters. The molecular formula is C25H26N2O3. The molecule has 0 amide bonds. The van der Waals surface area contributed by atoms with Gasteiger partial charge in [0.05, 0.1) is 32.0 Å². The summed E-state index contributed by atoms with van der Waals surface area (Å²) in [4.78, 5) is 2.23. The van der Waals surface area contributed by atoms with Crippen molar-refractivity contribution in [2.24, 2.45) is 5.73 Å². The van der Waals surface area contributed by atoms with Crippen molar-refractivity contribution in [1.29, 1.82) is 0 Å². The monoisotopic (exact) mass is 402 g/mol. The van der Waals surface area contributed by atoms with Crippen LogP contribution in [0.3, 0.4) is 0 Å². The van der Waals surface area contributed by atoms with E-state index in [9.17, 15) is 0 Å². The molecule has 3 aromatic rings. The van der Waals surface area contributed by atoms with E-state index in [1.165, 1.54) is 12.0 Å². The fourth-order valence-electron chi connectivity index (χ4n) is 4.42. The molecule has 0 bridgehead atoms. The number of hydrogen-bond donors (Lipinski definition) is 1. The number of furan rings is 1. The molecule has 0 spiro atoms. The summed E-state index contributed by atoms with van der Waals surface area (Å²) in [6, 6.07) is 20.8. The van der Waals surface area contributed by atoms with Crippen molar-refractivity contribution in [1.82, 2.24) is 0 Å². The highest BCUT2D eigenvalue weighted by Crippen LogP contribution is 2.44. The molecule has 5 rings (SSSR count). The molecule has 2 heterocycles. The lowest BCUT2D eigenvalue weighted by Crippen LogP contribution is -2.43. The highest BCUT2D eigenvalue weighted by Gasteiger charge is 2.35. The lowest BCUT2D eigenvalue weighted by atomic mass is 9.73. The lowest BCUT2D eigenvalue weighted by Gasteiger charge is -2.39. The second kappa shape index (κ2) is 7.26. The molecule has 5 heteroatoms. The summed E-state index contributed by atoms with van der Waals surface area (Å²) >= 11 is 0. The largest absolute Gasteiger partial charge is 0.494 e. The molecular weight excluding hydrogens is 376 g/mol. The Balaban J connectivity index is 1.62. The zero-order chi connectivity index (χ0) is 20.7. The lowest BCUT2D eigenvalue weighted by molar-refractivity contribution is 0.253. The normalized spacial score (nSPS) is 17.4. The van der Waals surface area contributed by atoms with Gasteiger partial charge in [-0.2, -0.15) is 0 Å². The zero-order valence-electron chi connectivity index (χ0n) is 17.4. The van der Waals surface area contributed by atoms with E-state index in [0.29, 0.717) is 12.5 Å². The van der Waals surface area contributed by atoms with Gasteiger partial charge in [-0.3, -0.25) is 0 Å². The van der Waals surface area contributed by atoms with Crippen LogP contribution in [0.5, 0.6) is 5.95 Å². The number of anilines is 1. The van der Waals surface area contributed by atoms with E-state index < -0.39 is 0 Å². The Hall–Kier alpha value is -3.18. The van der Waals surface area contributed by atoms with Crippen LogP contribution in [-0.2, 0) is 16.8 Å². The van der Waals surface area contributed by atoms with Crippen LogP contribution in [0.2, 0.25) is 0 Å². The van der Waals surface area contributed by atoms with Gasteiger partial charge in [0.1, 0.15) is 5.76 Å². The number of benzene rings is 2. The Kier molecular flexibility index (Phi) is 4.55. The molecule has 154 valence electrons. The van der Waals surface area contributed by atoms with Crippen LogP contribution in [-0.4, -0.2) is 14.2 Å². The summed E-state index contributed by atoms with van der Waals surface area (Å²) in [5.74, 6) is 2.07. The van der Waals surface area contributed by atoms with Crippen LogP contribution in [0.1, 0.15) is 41.7 Å². The predicted molar refractivity (Wildman–Crippen MR) is 118 cm³/mol. The van der Waals surface area contributed by atoms with Crippen molar-refractivity contribution in [3.8, 4) is 5.95 Å². The Morgan fingerprint density at radius 3 is 2.30 bits per heavy atom. The first kappa shape index (κ1) is 18.8. The number of nitrogens with two attached hydrogens (primary N) is 1. The predicted octanol–water partition coefficient (Wildman–Crippen LogP) is 5.12. The third kappa shape index (κ3) is 2.97. The fraction of sp³-hybridized carbons (Fsp3) is 0.280. The van der Waals surface area contributed by atoms with Gasteiger partial charge in [0.25, 0.3) is 5.95 Å². The maximum atomic E-state index is 6.52. The Morgan fingerprint density at radius 2 is 1.70 bits per heavy atom. The minimum atomic E-state index is -0.169. The van der Waals surface area contributed by atoms with Gasteiger partial charge in [-0.1, -0.05) is 42.5 Å². The average molecular weight is 402 g/mol. The third-order valence-corrected chi connectivity index (χ3v) is 6.27. The molecule has 0 radical (unpaired) electrons. The minimum absolute atomic E-state index is 0.169. The van der Waals surface area contributed by atoms with Crippen LogP contribution in [0.25, 0.3) is 11.5 Å². The molecule has 1 aliphatic carbocycles. The van der Waals surface area contributed by atoms with Crippen molar-refractivity contribution in [2.45, 2.75) is 31.3 Å². The highest BCUT2D eigenvalue weighted by atomic mass is 16.6. The summed E-state index contributed by atoms with van der Waals surface area (Å²) in [5.41, 5.74) is 11.6. The van der Waals surface area contributed by atoms with E-state index in [1.54, 1.807) is 14.2 Å². The number of hydrogen-bond acceptors (Lipinski definition) is 5. The van der Waals surface area contributed by atoms with Gasteiger partial charge >= 0.3 is 0 Å². The molecule has 0 saturated heterocycles. The van der Waals surface area contributed by atoms with E-state index in [-0.39, 0.29) is 5.54 Å². The average Bonchev–Trinajstić information content (AvgIpc) is 3.20. The summed E-state index contributed by atoms with van der Waals surface area (Å²) in [5, 5.41) is 0. The summed E-state index contributed by atoms with van der Waals surface area (Å²) in [7, 11) is 3.31. The maximum Gasteiger partial charge on any atom is 0.285 e. The van der Waals surface area contributed by atoms with Crippen molar-refractivity contribution in [3.63, 3.8) is 0 Å². The number of rotatable bonds is 5. The van der Waals surface area contributed by atoms with Crippen LogP contribution in [0.15, 0.2) is 65.1 Å². The van der Waals surface area contributed by atoms with Crippen molar-refractivity contribution in [2.75, 3.05) is 19.1 Å². The molecule has 1 aromatic heterocycles. The van der Waals surface area contributed by atoms with Gasteiger partial charge in [0.15, 0.2) is 5.76 Å². The van der Waals surface area contributed by atoms with Crippen molar-refractivity contribution in [3.05, 3.63) is 83.1 Å². The quantitative estimate of drug-likeness (QED) is 0.642. The number of methoxy groups -OCH3 is 2. The Bertz CT molecular complexity index is 1080. The Morgan fingerprint density at radius 1 is 0.967 bits per heavy atom. The second-order valence-corrected chi connectivity index (χ2v) is 8.00. The molecule has 1 aliphatic heterocycles. The standard InChI is InChI=1S/C25H26N2O3/c1-28-22-15-20-21(30-22)16-27(23(24(20)29-2)17-7-4-3-5-8-17)19-11-9-18(10-12-19)25(26)13-6-14-25/h3-5,7-12,15H,6,13-14,16,26H2,1-2H3. The molecule has 30 heavy (non-hydrogen) atoms. The van der Waals surface area contributed by atoms with Gasteiger partial charge in [0.2, 0.25) is 0 Å². The van der Waals surface area contributed by atoms with E-state index in [4.69, 9.17) is 19.6 Å². The first-order valence-corrected chi connectivity index (χ1v) is 10.3. The van der Waals surface area contributed by atoms with Crippen LogP contribution in [0, 0.1) is 0 Å². The maximum absolute atomic E-state index is 6.52. The van der Waals surface area contributed by atoms with E-state index in [0.717, 1.165) is 46.9 Å². The fourth-order valence-corrected chi connectivity index (χ4v) is 4.42. The van der Waals surface area contributed by atoms with Gasteiger partial charge in [-0.25, -0.2) is 0 Å². The molecule has 2 aliphatic rings. The molecule has 1 fully saturated rings. The molecule has 1 saturated carbocycles. The second-order valence-electron chi connectivity index (χ2n) is 8.00. The summed E-state index contributed by atoms with van der Waals surface area (Å²) in [6.45, 7) is 0.586. The SMILES string of the molecule is COC1=C(c2ccccc2)N(c2ccc(C3(N)CCC3)cc2)Cc2oc(OC)cc21. The molecule has 5 nitrogen and oxygen atoms in total. The number of fused-ring (bicyclic) bond motifs is 1. The Labute approximate surface area is 176 Å². The van der Waals surface area contributed by atoms with Crippen LogP contribution < -0.4 is 15.4 Å². The van der Waals surface area contributed by atoms with E-state index in [2.05, 4.69) is 41.3 Å². The smallest absolute Gasteiger partial charge is 0.285 e. The summed E-state index contributed by atoms with van der Waals surface area (Å²) < 4.78 is 17.2. The van der Waals surface area contributed by atoms with Gasteiger partial charge in [0, 0.05) is 22.9 Å². The molecule has 0 atom stereocenters. The molecule has 2 N–H and O–H groups in total.